The molecule has 8 aromatic carbocycles. The summed E-state index contributed by atoms with van der Waals surface area (Å²) in [4.78, 5) is 2.51. The zero-order chi connectivity index (χ0) is 36.3. The summed E-state index contributed by atoms with van der Waals surface area (Å²) in [7, 11) is 0. The van der Waals surface area contributed by atoms with Gasteiger partial charge in [0.15, 0.2) is 0 Å². The van der Waals surface area contributed by atoms with E-state index in [1.165, 1.54) is 61.0 Å². The average molecular weight is 694 g/mol. The normalized spacial score (nSPS) is 14.6. The SMILES string of the molecule is CC1(C)c2ccccc2-c2ccc(N(c3ccc(-c4cccc5c4oc4ccccc45)cc3)c3cc4ccccc4c4c3-c3ccccc3C4(C)C)cc21. The number of hydrogen-bond acceptors (Lipinski definition) is 2. The molecule has 54 heavy (non-hydrogen) atoms. The van der Waals surface area contributed by atoms with Crippen molar-refractivity contribution in [3.8, 4) is 33.4 Å². The number of rotatable bonds is 4. The lowest BCUT2D eigenvalue weighted by molar-refractivity contribution is 0.660. The monoisotopic (exact) mass is 693 g/mol. The maximum atomic E-state index is 6.48. The van der Waals surface area contributed by atoms with Gasteiger partial charge in [0.25, 0.3) is 0 Å². The Morgan fingerprint density at radius 2 is 1.06 bits per heavy atom. The van der Waals surface area contributed by atoms with E-state index >= 15 is 0 Å². The van der Waals surface area contributed by atoms with Crippen LogP contribution in [0, 0.1) is 0 Å². The van der Waals surface area contributed by atoms with Crippen molar-refractivity contribution < 1.29 is 4.42 Å². The first-order valence-electron chi connectivity index (χ1n) is 19.0. The van der Waals surface area contributed by atoms with Gasteiger partial charge in [-0.1, -0.05) is 155 Å². The maximum absolute atomic E-state index is 6.48. The van der Waals surface area contributed by atoms with Crippen LogP contribution in [0.3, 0.4) is 0 Å². The predicted molar refractivity (Wildman–Crippen MR) is 226 cm³/mol. The van der Waals surface area contributed by atoms with Gasteiger partial charge in [0, 0.05) is 44.1 Å². The Morgan fingerprint density at radius 1 is 0.444 bits per heavy atom. The minimum absolute atomic E-state index is 0.122. The molecule has 0 saturated heterocycles. The van der Waals surface area contributed by atoms with Crippen molar-refractivity contribution in [1.29, 1.82) is 0 Å². The van der Waals surface area contributed by atoms with Crippen molar-refractivity contribution in [2.45, 2.75) is 38.5 Å². The molecule has 2 nitrogen and oxygen atoms in total. The molecule has 2 heteroatoms. The molecule has 0 spiro atoms. The molecular weight excluding hydrogens is 655 g/mol. The summed E-state index contributed by atoms with van der Waals surface area (Å²) in [6.45, 7) is 9.51. The molecule has 0 radical (unpaired) electrons. The van der Waals surface area contributed by atoms with E-state index in [2.05, 4.69) is 190 Å². The Labute approximate surface area is 315 Å². The number of furan rings is 1. The van der Waals surface area contributed by atoms with E-state index < -0.39 is 0 Å². The molecule has 0 bridgehead atoms. The maximum Gasteiger partial charge on any atom is 0.143 e. The summed E-state index contributed by atoms with van der Waals surface area (Å²) in [5.41, 5.74) is 18.0. The number of hydrogen-bond donors (Lipinski definition) is 0. The van der Waals surface area contributed by atoms with E-state index in [0.29, 0.717) is 0 Å². The van der Waals surface area contributed by atoms with Gasteiger partial charge < -0.3 is 9.32 Å². The smallest absolute Gasteiger partial charge is 0.143 e. The molecule has 0 fully saturated rings. The third-order valence-electron chi connectivity index (χ3n) is 12.4. The molecule has 0 aliphatic heterocycles. The zero-order valence-electron chi connectivity index (χ0n) is 30.9. The third-order valence-corrected chi connectivity index (χ3v) is 12.4. The number of fused-ring (bicyclic) bond motifs is 11. The number of anilines is 3. The molecule has 258 valence electrons. The Balaban J connectivity index is 1.16. The van der Waals surface area contributed by atoms with E-state index in [0.717, 1.165) is 44.4 Å². The van der Waals surface area contributed by atoms with Gasteiger partial charge in [-0.15, -0.1) is 0 Å². The summed E-state index contributed by atoms with van der Waals surface area (Å²) in [6.07, 6.45) is 0. The van der Waals surface area contributed by atoms with E-state index in [4.69, 9.17) is 4.42 Å². The van der Waals surface area contributed by atoms with Gasteiger partial charge in [-0.2, -0.15) is 0 Å². The van der Waals surface area contributed by atoms with Crippen molar-refractivity contribution >= 4 is 49.8 Å². The summed E-state index contributed by atoms with van der Waals surface area (Å²) < 4.78 is 6.48. The molecule has 0 amide bonds. The van der Waals surface area contributed by atoms with Crippen LogP contribution >= 0.6 is 0 Å². The quantitative estimate of drug-likeness (QED) is 0.182. The highest BCUT2D eigenvalue weighted by Crippen LogP contribution is 2.58. The van der Waals surface area contributed by atoms with E-state index in [-0.39, 0.29) is 10.8 Å². The Hall–Kier alpha value is -6.38. The molecule has 0 N–H and O–H groups in total. The van der Waals surface area contributed by atoms with Crippen LogP contribution in [0.2, 0.25) is 0 Å². The molecule has 1 aromatic heterocycles. The van der Waals surface area contributed by atoms with Crippen LogP contribution in [0.15, 0.2) is 168 Å². The largest absolute Gasteiger partial charge is 0.455 e. The Bertz CT molecular complexity index is 3000. The standard InChI is InChI=1S/C52H39NO/c1-51(2)43-21-10-7-16-38(43)39-29-28-35(31-45(39)51)53(34-26-24-32(25-27-34)37-19-13-20-41-40-17-9-12-23-47(40)54-50(37)41)46-30-33-14-5-6-15-36(33)49-48(46)42-18-8-11-22-44(42)52(49,3)4/h5-31H,1-4H3. The lowest BCUT2D eigenvalue weighted by Crippen LogP contribution is -2.18. The van der Waals surface area contributed by atoms with Crippen molar-refractivity contribution in [2.75, 3.05) is 4.90 Å². The first-order chi connectivity index (χ1) is 26.3. The van der Waals surface area contributed by atoms with Crippen LogP contribution in [0.1, 0.15) is 49.9 Å². The van der Waals surface area contributed by atoms with Crippen LogP contribution in [0.25, 0.3) is 66.1 Å². The summed E-state index contributed by atoms with van der Waals surface area (Å²) in [6, 6.07) is 60.3. The van der Waals surface area contributed by atoms with Crippen molar-refractivity contribution in [3.63, 3.8) is 0 Å². The van der Waals surface area contributed by atoms with Gasteiger partial charge in [-0.05, 0) is 91.7 Å². The Kier molecular flexibility index (Phi) is 6.39. The second-order valence-corrected chi connectivity index (χ2v) is 16.1. The fourth-order valence-corrected chi connectivity index (χ4v) is 9.83. The molecule has 2 aliphatic rings. The predicted octanol–water partition coefficient (Wildman–Crippen LogP) is 14.5. The first kappa shape index (κ1) is 31.2. The number of nitrogens with zero attached hydrogens (tertiary/aromatic N) is 1. The highest BCUT2D eigenvalue weighted by atomic mass is 16.3. The minimum atomic E-state index is -0.163. The molecule has 11 rings (SSSR count). The summed E-state index contributed by atoms with van der Waals surface area (Å²) in [5, 5.41) is 4.85. The molecule has 0 saturated carbocycles. The van der Waals surface area contributed by atoms with Gasteiger partial charge in [-0.25, -0.2) is 0 Å². The van der Waals surface area contributed by atoms with Gasteiger partial charge in [-0.3, -0.25) is 0 Å². The average Bonchev–Trinajstić information content (AvgIpc) is 3.78. The van der Waals surface area contributed by atoms with Crippen molar-refractivity contribution in [2.24, 2.45) is 0 Å². The van der Waals surface area contributed by atoms with Gasteiger partial charge >= 0.3 is 0 Å². The van der Waals surface area contributed by atoms with Gasteiger partial charge in [0.2, 0.25) is 0 Å². The fourth-order valence-electron chi connectivity index (χ4n) is 9.83. The van der Waals surface area contributed by atoms with E-state index in [1.54, 1.807) is 0 Å². The third kappa shape index (κ3) is 4.23. The van der Waals surface area contributed by atoms with Crippen LogP contribution in [0.5, 0.6) is 0 Å². The minimum Gasteiger partial charge on any atom is -0.455 e. The highest BCUT2D eigenvalue weighted by Gasteiger charge is 2.40. The second kappa shape index (κ2) is 11.1. The molecular formula is C52H39NO. The molecule has 1 heterocycles. The lowest BCUT2D eigenvalue weighted by atomic mass is 9.80. The van der Waals surface area contributed by atoms with Gasteiger partial charge in [0.05, 0.1) is 5.69 Å². The van der Waals surface area contributed by atoms with E-state index in [1.807, 2.05) is 6.07 Å². The Morgan fingerprint density at radius 3 is 1.87 bits per heavy atom. The van der Waals surface area contributed by atoms with Crippen molar-refractivity contribution in [1.82, 2.24) is 0 Å². The van der Waals surface area contributed by atoms with Crippen LogP contribution in [0.4, 0.5) is 17.1 Å². The van der Waals surface area contributed by atoms with E-state index in [9.17, 15) is 0 Å². The van der Waals surface area contributed by atoms with Crippen LogP contribution in [-0.2, 0) is 10.8 Å². The second-order valence-electron chi connectivity index (χ2n) is 16.1. The molecule has 0 unspecified atom stereocenters. The molecule has 0 atom stereocenters. The number of benzene rings is 8. The summed E-state index contributed by atoms with van der Waals surface area (Å²) in [5.74, 6) is 0. The highest BCUT2D eigenvalue weighted by molar-refractivity contribution is 6.10. The first-order valence-corrected chi connectivity index (χ1v) is 19.0. The van der Waals surface area contributed by atoms with Gasteiger partial charge in [0.1, 0.15) is 11.2 Å². The van der Waals surface area contributed by atoms with Crippen LogP contribution in [-0.4, -0.2) is 0 Å². The number of para-hydroxylation sites is 2. The molecule has 9 aromatic rings. The van der Waals surface area contributed by atoms with Crippen molar-refractivity contribution in [3.05, 3.63) is 186 Å². The zero-order valence-corrected chi connectivity index (χ0v) is 30.9. The molecule has 2 aliphatic carbocycles. The lowest BCUT2D eigenvalue weighted by Gasteiger charge is -2.31. The fraction of sp³-hybridized carbons (Fsp3) is 0.115. The summed E-state index contributed by atoms with van der Waals surface area (Å²) >= 11 is 0. The topological polar surface area (TPSA) is 16.4 Å². The van der Waals surface area contributed by atoms with Crippen LogP contribution < -0.4 is 4.90 Å².